The molecular formula is C11H11ClN2O. The van der Waals surface area contributed by atoms with Crippen LogP contribution in [0.25, 0.3) is 0 Å². The van der Waals surface area contributed by atoms with Crippen LogP contribution in [0.3, 0.4) is 0 Å². The molecule has 15 heavy (non-hydrogen) atoms. The zero-order valence-electron chi connectivity index (χ0n) is 8.62. The summed E-state index contributed by atoms with van der Waals surface area (Å²) in [5.41, 5.74) is 1.43. The molecule has 0 fully saturated rings. The van der Waals surface area contributed by atoms with Crippen LogP contribution in [0.1, 0.15) is 15.9 Å². The highest BCUT2D eigenvalue weighted by atomic mass is 35.5. The van der Waals surface area contributed by atoms with E-state index in [0.717, 1.165) is 5.56 Å². The van der Waals surface area contributed by atoms with Crippen LogP contribution in [0.15, 0.2) is 18.2 Å². The molecule has 3 nitrogen and oxygen atoms in total. The molecule has 0 aliphatic carbocycles. The number of amides is 1. The second-order valence-corrected chi connectivity index (χ2v) is 3.69. The molecule has 0 N–H and O–H groups in total. The van der Waals surface area contributed by atoms with Gasteiger partial charge in [-0.05, 0) is 24.6 Å². The van der Waals surface area contributed by atoms with Gasteiger partial charge in [-0.25, -0.2) is 0 Å². The summed E-state index contributed by atoms with van der Waals surface area (Å²) in [4.78, 5) is 13.1. The van der Waals surface area contributed by atoms with Crippen molar-refractivity contribution in [1.82, 2.24) is 4.90 Å². The number of nitriles is 1. The molecule has 0 aliphatic heterocycles. The van der Waals surface area contributed by atoms with E-state index in [-0.39, 0.29) is 12.5 Å². The normalized spacial score (nSPS) is 9.47. The second kappa shape index (κ2) is 4.81. The smallest absolute Gasteiger partial charge is 0.254 e. The summed E-state index contributed by atoms with van der Waals surface area (Å²) in [5, 5.41) is 9.02. The number of nitrogens with zero attached hydrogens (tertiary/aromatic N) is 2. The molecule has 0 spiro atoms. The molecule has 0 heterocycles. The second-order valence-electron chi connectivity index (χ2n) is 3.28. The molecule has 1 rings (SSSR count). The summed E-state index contributed by atoms with van der Waals surface area (Å²) < 4.78 is 0. The van der Waals surface area contributed by atoms with Crippen molar-refractivity contribution >= 4 is 17.5 Å². The first-order valence-corrected chi connectivity index (χ1v) is 4.82. The van der Waals surface area contributed by atoms with Gasteiger partial charge in [-0.2, -0.15) is 5.26 Å². The Balaban J connectivity index is 2.93. The largest absolute Gasteiger partial charge is 0.328 e. The predicted molar refractivity (Wildman–Crippen MR) is 58.8 cm³/mol. The predicted octanol–water partition coefficient (Wildman–Crippen LogP) is 2.24. The third-order valence-electron chi connectivity index (χ3n) is 2.07. The SMILES string of the molecule is Cc1ccc(C(=O)N(C)CC#N)cc1Cl. The first-order valence-electron chi connectivity index (χ1n) is 4.45. The maximum atomic E-state index is 11.7. The number of hydrogen-bond donors (Lipinski definition) is 0. The quantitative estimate of drug-likeness (QED) is 0.721. The van der Waals surface area contributed by atoms with Crippen molar-refractivity contribution in [2.75, 3.05) is 13.6 Å². The van der Waals surface area contributed by atoms with E-state index in [2.05, 4.69) is 0 Å². The van der Waals surface area contributed by atoms with Gasteiger partial charge in [0.1, 0.15) is 6.54 Å². The van der Waals surface area contributed by atoms with Gasteiger partial charge in [0, 0.05) is 17.6 Å². The van der Waals surface area contributed by atoms with E-state index in [1.807, 2.05) is 13.0 Å². The van der Waals surface area contributed by atoms with E-state index in [0.29, 0.717) is 10.6 Å². The van der Waals surface area contributed by atoms with Crippen LogP contribution >= 0.6 is 11.6 Å². The number of carbonyl (C=O) groups excluding carboxylic acids is 1. The van der Waals surface area contributed by atoms with Gasteiger partial charge in [0.15, 0.2) is 0 Å². The average molecular weight is 223 g/mol. The molecule has 0 atom stereocenters. The van der Waals surface area contributed by atoms with E-state index in [9.17, 15) is 4.79 Å². The summed E-state index contributed by atoms with van der Waals surface area (Å²) >= 11 is 5.90. The molecule has 0 unspecified atom stereocenters. The van der Waals surface area contributed by atoms with Gasteiger partial charge in [0.05, 0.1) is 6.07 Å². The van der Waals surface area contributed by atoms with Crippen LogP contribution in [0.2, 0.25) is 5.02 Å². The van der Waals surface area contributed by atoms with Crippen LogP contribution in [0, 0.1) is 18.3 Å². The Morgan fingerprint density at radius 2 is 2.27 bits per heavy atom. The number of rotatable bonds is 2. The summed E-state index contributed by atoms with van der Waals surface area (Å²) in [6.07, 6.45) is 0. The number of benzene rings is 1. The third kappa shape index (κ3) is 2.71. The number of hydrogen-bond acceptors (Lipinski definition) is 2. The minimum absolute atomic E-state index is 0.0737. The van der Waals surface area contributed by atoms with E-state index in [1.54, 1.807) is 25.2 Å². The maximum absolute atomic E-state index is 11.7. The Morgan fingerprint density at radius 1 is 1.60 bits per heavy atom. The summed E-state index contributed by atoms with van der Waals surface area (Å²) in [6.45, 7) is 1.94. The van der Waals surface area contributed by atoms with E-state index in [4.69, 9.17) is 16.9 Å². The van der Waals surface area contributed by atoms with Crippen LogP contribution < -0.4 is 0 Å². The van der Waals surface area contributed by atoms with Crippen molar-refractivity contribution in [2.24, 2.45) is 0 Å². The lowest BCUT2D eigenvalue weighted by molar-refractivity contribution is 0.0812. The topological polar surface area (TPSA) is 44.1 Å². The van der Waals surface area contributed by atoms with Crippen LogP contribution in [0.5, 0.6) is 0 Å². The van der Waals surface area contributed by atoms with E-state index in [1.165, 1.54) is 4.90 Å². The molecule has 0 radical (unpaired) electrons. The lowest BCUT2D eigenvalue weighted by Gasteiger charge is -2.13. The molecule has 0 saturated carbocycles. The molecule has 4 heteroatoms. The molecule has 1 aromatic rings. The monoisotopic (exact) mass is 222 g/mol. The first-order chi connectivity index (χ1) is 7.06. The summed E-state index contributed by atoms with van der Waals surface area (Å²) in [5.74, 6) is -0.196. The standard InChI is InChI=1S/C11H11ClN2O/c1-8-3-4-9(7-10(8)12)11(15)14(2)6-5-13/h3-4,7H,6H2,1-2H3. The average Bonchev–Trinajstić information content (AvgIpc) is 2.21. The molecule has 0 aromatic heterocycles. The fraction of sp³-hybridized carbons (Fsp3) is 0.273. The lowest BCUT2D eigenvalue weighted by atomic mass is 10.1. The highest BCUT2D eigenvalue weighted by Gasteiger charge is 2.11. The van der Waals surface area contributed by atoms with Gasteiger partial charge in [-0.3, -0.25) is 4.79 Å². The van der Waals surface area contributed by atoms with Gasteiger partial charge < -0.3 is 4.90 Å². The fourth-order valence-electron chi connectivity index (χ4n) is 1.12. The molecule has 0 bridgehead atoms. The molecule has 0 aliphatic rings. The van der Waals surface area contributed by atoms with E-state index < -0.39 is 0 Å². The molecule has 1 aromatic carbocycles. The Bertz CT molecular complexity index is 423. The molecule has 78 valence electrons. The minimum Gasteiger partial charge on any atom is -0.328 e. The van der Waals surface area contributed by atoms with Crippen molar-refractivity contribution in [3.8, 4) is 6.07 Å². The number of halogens is 1. The van der Waals surface area contributed by atoms with Crippen molar-refractivity contribution < 1.29 is 4.79 Å². The zero-order valence-corrected chi connectivity index (χ0v) is 9.38. The number of aryl methyl sites for hydroxylation is 1. The van der Waals surface area contributed by atoms with Crippen molar-refractivity contribution in [1.29, 1.82) is 5.26 Å². The minimum atomic E-state index is -0.196. The van der Waals surface area contributed by atoms with Crippen molar-refractivity contribution in [3.63, 3.8) is 0 Å². The Hall–Kier alpha value is -1.53. The number of carbonyl (C=O) groups is 1. The van der Waals surface area contributed by atoms with Crippen LogP contribution in [-0.4, -0.2) is 24.4 Å². The van der Waals surface area contributed by atoms with Crippen LogP contribution in [-0.2, 0) is 0 Å². The van der Waals surface area contributed by atoms with Crippen LogP contribution in [0.4, 0.5) is 0 Å². The van der Waals surface area contributed by atoms with Crippen molar-refractivity contribution in [3.05, 3.63) is 34.3 Å². The maximum Gasteiger partial charge on any atom is 0.254 e. The fourth-order valence-corrected chi connectivity index (χ4v) is 1.30. The first kappa shape index (κ1) is 11.5. The van der Waals surface area contributed by atoms with E-state index >= 15 is 0 Å². The highest BCUT2D eigenvalue weighted by molar-refractivity contribution is 6.31. The molecular weight excluding hydrogens is 212 g/mol. The summed E-state index contributed by atoms with van der Waals surface area (Å²) in [7, 11) is 1.58. The zero-order chi connectivity index (χ0) is 11.4. The highest BCUT2D eigenvalue weighted by Crippen LogP contribution is 2.17. The van der Waals surface area contributed by atoms with Crippen molar-refractivity contribution in [2.45, 2.75) is 6.92 Å². The molecule has 1 amide bonds. The third-order valence-corrected chi connectivity index (χ3v) is 2.48. The van der Waals surface area contributed by atoms with Gasteiger partial charge in [0.2, 0.25) is 0 Å². The Labute approximate surface area is 93.9 Å². The van der Waals surface area contributed by atoms with Gasteiger partial charge >= 0.3 is 0 Å². The summed E-state index contributed by atoms with van der Waals surface area (Å²) in [6, 6.07) is 7.03. The Morgan fingerprint density at radius 3 is 2.80 bits per heavy atom. The lowest BCUT2D eigenvalue weighted by Crippen LogP contribution is -2.26. The van der Waals surface area contributed by atoms with Gasteiger partial charge in [-0.1, -0.05) is 17.7 Å². The van der Waals surface area contributed by atoms with Gasteiger partial charge in [0.25, 0.3) is 5.91 Å². The molecule has 0 saturated heterocycles. The van der Waals surface area contributed by atoms with Gasteiger partial charge in [-0.15, -0.1) is 0 Å². The Kier molecular flexibility index (Phi) is 3.70.